The van der Waals surface area contributed by atoms with Crippen molar-refractivity contribution in [3.8, 4) is 5.75 Å². The van der Waals surface area contributed by atoms with E-state index in [1.807, 2.05) is 0 Å². The van der Waals surface area contributed by atoms with Gasteiger partial charge in [0, 0.05) is 17.4 Å². The van der Waals surface area contributed by atoms with Gasteiger partial charge in [-0.2, -0.15) is 8.78 Å². The molecule has 0 aliphatic heterocycles. The van der Waals surface area contributed by atoms with E-state index in [0.717, 1.165) is 12.1 Å². The van der Waals surface area contributed by atoms with Crippen LogP contribution < -0.4 is 4.74 Å². The summed E-state index contributed by atoms with van der Waals surface area (Å²) in [6.45, 7) is -2.59. The number of rotatable bonds is 5. The minimum Gasteiger partial charge on any atom is -0.485 e. The summed E-state index contributed by atoms with van der Waals surface area (Å²) in [5, 5.41) is 9.64. The quantitative estimate of drug-likeness (QED) is 0.820. The fourth-order valence-corrected chi connectivity index (χ4v) is 3.31. The molecule has 1 aliphatic carbocycles. The Kier molecular flexibility index (Phi) is 4.60. The van der Waals surface area contributed by atoms with Crippen LogP contribution in [0.3, 0.4) is 0 Å². The molecule has 0 fully saturated rings. The lowest BCUT2D eigenvalue weighted by atomic mass is 10.1. The Morgan fingerprint density at radius 2 is 1.83 bits per heavy atom. The number of hydrogen-bond donors (Lipinski definition) is 1. The smallest absolute Gasteiger partial charge is 0.312 e. The van der Waals surface area contributed by atoms with Gasteiger partial charge in [0.1, 0.15) is 25.2 Å². The van der Waals surface area contributed by atoms with E-state index in [9.17, 15) is 35.5 Å². The molecular weight excluding hydrogens is 347 g/mol. The van der Waals surface area contributed by atoms with Gasteiger partial charge in [0.15, 0.2) is 22.1 Å². The third-order valence-electron chi connectivity index (χ3n) is 3.47. The molecule has 0 spiro atoms. The van der Waals surface area contributed by atoms with Crippen molar-refractivity contribution >= 4 is 9.84 Å². The first-order chi connectivity index (χ1) is 10.6. The highest BCUT2D eigenvalue weighted by molar-refractivity contribution is 7.90. The molecule has 0 saturated heterocycles. The maximum atomic E-state index is 14.1. The van der Waals surface area contributed by atoms with E-state index in [4.69, 9.17) is 4.74 Å². The monoisotopic (exact) mass is 360 g/mol. The lowest BCUT2D eigenvalue weighted by Gasteiger charge is -2.18. The second-order valence-electron chi connectivity index (χ2n) is 5.15. The van der Waals surface area contributed by atoms with Crippen molar-refractivity contribution in [2.24, 2.45) is 0 Å². The Balaban J connectivity index is 2.68. The second kappa shape index (κ2) is 5.90. The molecule has 23 heavy (non-hydrogen) atoms. The average Bonchev–Trinajstić information content (AvgIpc) is 2.65. The molecule has 0 heterocycles. The van der Waals surface area contributed by atoms with Gasteiger partial charge in [0.2, 0.25) is 0 Å². The maximum Gasteiger partial charge on any atom is 0.312 e. The number of benzene rings is 1. The molecule has 2 rings (SSSR count). The predicted octanol–water partition coefficient (Wildman–Crippen LogP) is 2.47. The van der Waals surface area contributed by atoms with E-state index in [2.05, 4.69) is 0 Å². The van der Waals surface area contributed by atoms with Crippen LogP contribution in [0, 0.1) is 0 Å². The van der Waals surface area contributed by atoms with Gasteiger partial charge in [-0.3, -0.25) is 0 Å². The fourth-order valence-electron chi connectivity index (χ4n) is 2.37. The zero-order chi connectivity index (χ0) is 17.6. The zero-order valence-electron chi connectivity index (χ0n) is 11.8. The highest BCUT2D eigenvalue weighted by Gasteiger charge is 2.59. The van der Waals surface area contributed by atoms with Crippen molar-refractivity contribution in [2.45, 2.75) is 29.2 Å². The third-order valence-corrected chi connectivity index (χ3v) is 4.63. The summed E-state index contributed by atoms with van der Waals surface area (Å²) in [4.78, 5) is -0.691. The van der Waals surface area contributed by atoms with E-state index in [1.54, 1.807) is 0 Å². The Bertz CT molecular complexity index is 703. The molecule has 0 amide bonds. The standard InChI is InChI=1S/C13H13F5O4S/c1-23(20,21)8-3-2-7(22-6(4-14)5-15)9-10(8)12(19)13(17,18)11(9)16/h2-3,6,11-12,19H,4-5H2,1H3/t11-,12+/m1/s1. The van der Waals surface area contributed by atoms with Crippen LogP contribution in [-0.2, 0) is 9.84 Å². The van der Waals surface area contributed by atoms with E-state index >= 15 is 0 Å². The van der Waals surface area contributed by atoms with Crippen LogP contribution in [0.5, 0.6) is 5.75 Å². The van der Waals surface area contributed by atoms with Crippen LogP contribution in [0.4, 0.5) is 22.0 Å². The van der Waals surface area contributed by atoms with Gasteiger partial charge in [-0.25, -0.2) is 21.6 Å². The first-order valence-electron chi connectivity index (χ1n) is 6.41. The first-order valence-corrected chi connectivity index (χ1v) is 8.30. The van der Waals surface area contributed by atoms with Crippen molar-refractivity contribution in [1.29, 1.82) is 0 Å². The summed E-state index contributed by atoms with van der Waals surface area (Å²) >= 11 is 0. The Labute approximate surface area is 128 Å². The summed E-state index contributed by atoms with van der Waals surface area (Å²) < 4.78 is 94.8. The van der Waals surface area contributed by atoms with Gasteiger partial charge in [-0.05, 0) is 12.1 Å². The number of sulfone groups is 1. The highest BCUT2D eigenvalue weighted by Crippen LogP contribution is 2.56. The van der Waals surface area contributed by atoms with Crippen LogP contribution >= 0.6 is 0 Å². The van der Waals surface area contributed by atoms with Crippen molar-refractivity contribution in [3.05, 3.63) is 23.3 Å². The number of fused-ring (bicyclic) bond motifs is 1. The molecule has 2 atom stereocenters. The number of alkyl halides is 5. The van der Waals surface area contributed by atoms with E-state index in [1.165, 1.54) is 0 Å². The zero-order valence-corrected chi connectivity index (χ0v) is 12.6. The minimum atomic E-state index is -4.29. The number of ether oxygens (including phenoxy) is 1. The lowest BCUT2D eigenvalue weighted by molar-refractivity contribution is -0.144. The summed E-state index contributed by atoms with van der Waals surface area (Å²) in [6, 6.07) is 1.67. The molecular formula is C13H13F5O4S. The van der Waals surface area contributed by atoms with Crippen molar-refractivity contribution < 1.29 is 40.2 Å². The topological polar surface area (TPSA) is 63.6 Å². The summed E-state index contributed by atoms with van der Waals surface area (Å²) in [7, 11) is -4.05. The van der Waals surface area contributed by atoms with Gasteiger partial charge in [-0.1, -0.05) is 0 Å². The molecule has 0 aromatic heterocycles. The Morgan fingerprint density at radius 1 is 1.26 bits per heavy atom. The van der Waals surface area contributed by atoms with Crippen LogP contribution in [0.1, 0.15) is 23.4 Å². The molecule has 0 unspecified atom stereocenters. The molecule has 4 nitrogen and oxygen atoms in total. The number of aliphatic hydroxyl groups excluding tert-OH is 1. The van der Waals surface area contributed by atoms with Crippen molar-refractivity contribution in [3.63, 3.8) is 0 Å². The molecule has 1 aromatic rings. The summed E-state index contributed by atoms with van der Waals surface area (Å²) in [5.74, 6) is -4.92. The molecule has 1 aromatic carbocycles. The predicted molar refractivity (Wildman–Crippen MR) is 69.7 cm³/mol. The van der Waals surface area contributed by atoms with Gasteiger partial charge in [0.05, 0.1) is 4.90 Å². The highest BCUT2D eigenvalue weighted by atomic mass is 32.2. The van der Waals surface area contributed by atoms with E-state index < -0.39 is 69.3 Å². The Hall–Kier alpha value is -1.42. The number of hydrogen-bond acceptors (Lipinski definition) is 4. The van der Waals surface area contributed by atoms with Gasteiger partial charge in [0.25, 0.3) is 0 Å². The van der Waals surface area contributed by atoms with Gasteiger partial charge < -0.3 is 9.84 Å². The number of aliphatic hydroxyl groups is 1. The van der Waals surface area contributed by atoms with Crippen LogP contribution in [-0.4, -0.2) is 45.2 Å². The van der Waals surface area contributed by atoms with Crippen LogP contribution in [0.25, 0.3) is 0 Å². The largest absolute Gasteiger partial charge is 0.485 e. The van der Waals surface area contributed by atoms with E-state index in [-0.39, 0.29) is 0 Å². The minimum absolute atomic E-state index is 0.628. The number of halogens is 5. The Morgan fingerprint density at radius 3 is 2.30 bits per heavy atom. The lowest BCUT2D eigenvalue weighted by Crippen LogP contribution is -2.25. The van der Waals surface area contributed by atoms with Gasteiger partial charge in [-0.15, -0.1) is 0 Å². The molecule has 10 heteroatoms. The second-order valence-corrected chi connectivity index (χ2v) is 7.13. The van der Waals surface area contributed by atoms with Gasteiger partial charge >= 0.3 is 5.92 Å². The molecule has 0 radical (unpaired) electrons. The summed E-state index contributed by atoms with van der Waals surface area (Å²) in [5.41, 5.74) is -1.75. The molecule has 1 aliphatic rings. The van der Waals surface area contributed by atoms with Crippen molar-refractivity contribution in [1.82, 2.24) is 0 Å². The van der Waals surface area contributed by atoms with Crippen LogP contribution in [0.2, 0.25) is 0 Å². The third kappa shape index (κ3) is 2.89. The molecule has 130 valence electrons. The van der Waals surface area contributed by atoms with Crippen molar-refractivity contribution in [2.75, 3.05) is 19.6 Å². The fraction of sp³-hybridized carbons (Fsp3) is 0.538. The van der Waals surface area contributed by atoms with Crippen LogP contribution in [0.15, 0.2) is 17.0 Å². The maximum absolute atomic E-state index is 14.1. The normalized spacial score (nSPS) is 23.1. The molecule has 0 saturated carbocycles. The molecule has 0 bridgehead atoms. The average molecular weight is 360 g/mol. The first kappa shape index (κ1) is 17.9. The summed E-state index contributed by atoms with van der Waals surface area (Å²) in [6.07, 6.45) is -6.73. The molecule has 1 N–H and O–H groups in total. The SMILES string of the molecule is CS(=O)(=O)c1ccc(OC(CF)CF)c2c1[C@H](O)C(F)(F)[C@@H]2F. The van der Waals surface area contributed by atoms with E-state index in [0.29, 0.717) is 6.26 Å².